The van der Waals surface area contributed by atoms with Crippen LogP contribution in [0.5, 0.6) is 0 Å². The van der Waals surface area contributed by atoms with Crippen molar-refractivity contribution >= 4 is 17.3 Å². The molecule has 1 aromatic rings. The molecule has 1 aliphatic rings. The van der Waals surface area contributed by atoms with Gasteiger partial charge in [-0.05, 0) is 36.0 Å². The van der Waals surface area contributed by atoms with Crippen LogP contribution >= 0.6 is 11.6 Å². The molecule has 2 atom stereocenters. The van der Waals surface area contributed by atoms with Crippen LogP contribution in [0.3, 0.4) is 0 Å². The Morgan fingerprint density at radius 1 is 1.50 bits per heavy atom. The number of halogens is 2. The standard InChI is InChI=1S/C13H17ClFN/c1-9-5-11(9)8-16(2)13-4-3-10(7-14)6-12(13)15/h3-4,6,9,11H,5,7-8H2,1-2H3. The van der Waals surface area contributed by atoms with E-state index in [1.807, 2.05) is 24.1 Å². The monoisotopic (exact) mass is 241 g/mol. The topological polar surface area (TPSA) is 3.24 Å². The molecule has 16 heavy (non-hydrogen) atoms. The summed E-state index contributed by atoms with van der Waals surface area (Å²) in [6.07, 6.45) is 1.27. The van der Waals surface area contributed by atoms with Crippen LogP contribution in [-0.2, 0) is 5.88 Å². The van der Waals surface area contributed by atoms with Crippen molar-refractivity contribution < 1.29 is 4.39 Å². The quantitative estimate of drug-likeness (QED) is 0.728. The molecule has 1 saturated carbocycles. The predicted octanol–water partition coefficient (Wildman–Crippen LogP) is 3.66. The van der Waals surface area contributed by atoms with Gasteiger partial charge in [0.1, 0.15) is 5.82 Å². The summed E-state index contributed by atoms with van der Waals surface area (Å²) in [6, 6.07) is 5.23. The van der Waals surface area contributed by atoms with Crippen LogP contribution in [0.1, 0.15) is 18.9 Å². The summed E-state index contributed by atoms with van der Waals surface area (Å²) < 4.78 is 13.8. The first-order valence-corrected chi connectivity index (χ1v) is 6.20. The molecule has 1 aromatic carbocycles. The lowest BCUT2D eigenvalue weighted by molar-refractivity contribution is 0.615. The first-order valence-electron chi connectivity index (χ1n) is 5.67. The second-order valence-corrected chi connectivity index (χ2v) is 5.04. The molecule has 0 radical (unpaired) electrons. The zero-order chi connectivity index (χ0) is 11.7. The van der Waals surface area contributed by atoms with E-state index in [2.05, 4.69) is 6.92 Å². The number of anilines is 1. The summed E-state index contributed by atoms with van der Waals surface area (Å²) in [5, 5.41) is 0. The zero-order valence-electron chi connectivity index (χ0n) is 9.71. The Bertz CT molecular complexity index is 380. The maximum absolute atomic E-state index is 13.8. The fourth-order valence-corrected chi connectivity index (χ4v) is 2.21. The summed E-state index contributed by atoms with van der Waals surface area (Å²) in [5.74, 6) is 1.72. The van der Waals surface area contributed by atoms with E-state index in [1.165, 1.54) is 12.5 Å². The highest BCUT2D eigenvalue weighted by Crippen LogP contribution is 2.38. The van der Waals surface area contributed by atoms with Gasteiger partial charge >= 0.3 is 0 Å². The van der Waals surface area contributed by atoms with Gasteiger partial charge < -0.3 is 4.90 Å². The lowest BCUT2D eigenvalue weighted by Gasteiger charge is -2.20. The molecule has 3 heteroatoms. The van der Waals surface area contributed by atoms with Crippen molar-refractivity contribution in [2.24, 2.45) is 11.8 Å². The zero-order valence-corrected chi connectivity index (χ0v) is 10.5. The number of rotatable bonds is 4. The van der Waals surface area contributed by atoms with Crippen molar-refractivity contribution in [3.8, 4) is 0 Å². The Morgan fingerprint density at radius 3 is 2.69 bits per heavy atom. The lowest BCUT2D eigenvalue weighted by Crippen LogP contribution is -2.21. The maximum Gasteiger partial charge on any atom is 0.146 e. The van der Waals surface area contributed by atoms with Gasteiger partial charge in [0, 0.05) is 19.5 Å². The van der Waals surface area contributed by atoms with Crippen molar-refractivity contribution in [1.82, 2.24) is 0 Å². The van der Waals surface area contributed by atoms with Crippen LogP contribution in [0.25, 0.3) is 0 Å². The van der Waals surface area contributed by atoms with E-state index >= 15 is 0 Å². The molecule has 0 bridgehead atoms. The second-order valence-electron chi connectivity index (χ2n) is 4.77. The molecule has 0 aromatic heterocycles. The van der Waals surface area contributed by atoms with Gasteiger partial charge in [-0.2, -0.15) is 0 Å². The third-order valence-corrected chi connectivity index (χ3v) is 3.67. The van der Waals surface area contributed by atoms with E-state index in [9.17, 15) is 4.39 Å². The Morgan fingerprint density at radius 2 is 2.19 bits per heavy atom. The molecule has 0 saturated heterocycles. The van der Waals surface area contributed by atoms with Gasteiger partial charge in [0.15, 0.2) is 0 Å². The maximum atomic E-state index is 13.8. The molecular weight excluding hydrogens is 225 g/mol. The molecule has 0 spiro atoms. The summed E-state index contributed by atoms with van der Waals surface area (Å²) >= 11 is 5.66. The van der Waals surface area contributed by atoms with Crippen molar-refractivity contribution in [1.29, 1.82) is 0 Å². The van der Waals surface area contributed by atoms with Crippen molar-refractivity contribution in [3.05, 3.63) is 29.6 Å². The van der Waals surface area contributed by atoms with E-state index in [0.29, 0.717) is 11.6 Å². The number of benzene rings is 1. The minimum absolute atomic E-state index is 0.172. The number of alkyl halides is 1. The SMILES string of the molecule is CC1CC1CN(C)c1ccc(CCl)cc1F. The normalized spacial score (nSPS) is 23.2. The molecule has 0 N–H and O–H groups in total. The van der Waals surface area contributed by atoms with Crippen molar-refractivity contribution in [3.63, 3.8) is 0 Å². The van der Waals surface area contributed by atoms with Crippen LogP contribution in [0.4, 0.5) is 10.1 Å². The molecule has 2 unspecified atom stereocenters. The average Bonchev–Trinajstić information content (AvgIpc) is 2.93. The van der Waals surface area contributed by atoms with Crippen LogP contribution in [0.2, 0.25) is 0 Å². The van der Waals surface area contributed by atoms with Crippen LogP contribution in [0.15, 0.2) is 18.2 Å². The van der Waals surface area contributed by atoms with Crippen LogP contribution < -0.4 is 4.90 Å². The van der Waals surface area contributed by atoms with Gasteiger partial charge in [0.25, 0.3) is 0 Å². The second kappa shape index (κ2) is 4.62. The van der Waals surface area contributed by atoms with E-state index in [1.54, 1.807) is 0 Å². The molecular formula is C13H17ClFN. The highest BCUT2D eigenvalue weighted by atomic mass is 35.5. The first-order chi connectivity index (χ1) is 7.61. The van der Waals surface area contributed by atoms with E-state index < -0.39 is 0 Å². The number of nitrogens with zero attached hydrogens (tertiary/aromatic N) is 1. The third kappa shape index (κ3) is 2.49. The molecule has 88 valence electrons. The summed E-state index contributed by atoms with van der Waals surface area (Å²) in [7, 11) is 1.95. The van der Waals surface area contributed by atoms with E-state index in [-0.39, 0.29) is 5.82 Å². The van der Waals surface area contributed by atoms with Gasteiger partial charge in [0.05, 0.1) is 5.69 Å². The molecule has 2 rings (SSSR count). The van der Waals surface area contributed by atoms with Gasteiger partial charge in [0.2, 0.25) is 0 Å². The van der Waals surface area contributed by atoms with Gasteiger partial charge in [-0.1, -0.05) is 13.0 Å². The van der Waals surface area contributed by atoms with Crippen molar-refractivity contribution in [2.45, 2.75) is 19.2 Å². The fourth-order valence-electron chi connectivity index (χ4n) is 2.05. The van der Waals surface area contributed by atoms with Crippen molar-refractivity contribution in [2.75, 3.05) is 18.5 Å². The fraction of sp³-hybridized carbons (Fsp3) is 0.538. The Hall–Kier alpha value is -0.760. The van der Waals surface area contributed by atoms with E-state index in [4.69, 9.17) is 11.6 Å². The van der Waals surface area contributed by atoms with Crippen LogP contribution in [0, 0.1) is 17.7 Å². The number of hydrogen-bond donors (Lipinski definition) is 0. The minimum Gasteiger partial charge on any atom is -0.372 e. The van der Waals surface area contributed by atoms with E-state index in [0.717, 1.165) is 23.9 Å². The van der Waals surface area contributed by atoms with Gasteiger partial charge in [-0.3, -0.25) is 0 Å². The Kier molecular flexibility index (Phi) is 3.38. The Balaban J connectivity index is 2.07. The third-order valence-electron chi connectivity index (χ3n) is 3.36. The lowest BCUT2D eigenvalue weighted by atomic mass is 10.2. The molecule has 1 nitrogen and oxygen atoms in total. The molecule has 0 amide bonds. The molecule has 1 aliphatic carbocycles. The minimum atomic E-state index is -0.172. The first kappa shape index (κ1) is 11.7. The number of hydrogen-bond acceptors (Lipinski definition) is 1. The van der Waals surface area contributed by atoms with Gasteiger partial charge in [-0.25, -0.2) is 4.39 Å². The van der Waals surface area contributed by atoms with Crippen LogP contribution in [-0.4, -0.2) is 13.6 Å². The molecule has 0 heterocycles. The smallest absolute Gasteiger partial charge is 0.146 e. The Labute approximate surface area is 101 Å². The highest BCUT2D eigenvalue weighted by Gasteiger charge is 2.33. The molecule has 1 fully saturated rings. The predicted molar refractivity (Wildman–Crippen MR) is 66.5 cm³/mol. The average molecular weight is 242 g/mol. The molecule has 0 aliphatic heterocycles. The highest BCUT2D eigenvalue weighted by molar-refractivity contribution is 6.17. The van der Waals surface area contributed by atoms with Gasteiger partial charge in [-0.15, -0.1) is 11.6 Å². The summed E-state index contributed by atoms with van der Waals surface area (Å²) in [4.78, 5) is 2.00. The summed E-state index contributed by atoms with van der Waals surface area (Å²) in [6.45, 7) is 3.18. The largest absolute Gasteiger partial charge is 0.372 e. The summed E-state index contributed by atoms with van der Waals surface area (Å²) in [5.41, 5.74) is 1.50.